The Morgan fingerprint density at radius 1 is 1.17 bits per heavy atom. The van der Waals surface area contributed by atoms with Crippen LogP contribution < -0.4 is 0 Å². The minimum Gasteiger partial charge on any atom is -0.239 e. The lowest BCUT2D eigenvalue weighted by Crippen LogP contribution is -2.03. The van der Waals surface area contributed by atoms with Crippen molar-refractivity contribution in [3.05, 3.63) is 46.2 Å². The molecule has 0 radical (unpaired) electrons. The van der Waals surface area contributed by atoms with Gasteiger partial charge in [0.1, 0.15) is 0 Å². The predicted octanol–water partition coefficient (Wildman–Crippen LogP) is 3.93. The lowest BCUT2D eigenvalue weighted by atomic mass is 10.3. The second-order valence-corrected chi connectivity index (χ2v) is 4.16. The number of hydrogen-bond acceptors (Lipinski definition) is 1. The zero-order valence-corrected chi connectivity index (χ0v) is 10.1. The van der Waals surface area contributed by atoms with Gasteiger partial charge in [0.2, 0.25) is 0 Å². The van der Waals surface area contributed by atoms with Gasteiger partial charge in [0, 0.05) is 6.20 Å². The van der Waals surface area contributed by atoms with Crippen LogP contribution in [0.2, 0.25) is 0 Å². The fourth-order valence-corrected chi connectivity index (χ4v) is 1.80. The molecule has 0 aliphatic carbocycles. The van der Waals surface area contributed by atoms with Crippen molar-refractivity contribution in [1.29, 1.82) is 0 Å². The third-order valence-corrected chi connectivity index (χ3v) is 2.93. The fraction of sp³-hybridized carbons (Fsp3) is 0.100. The van der Waals surface area contributed by atoms with Crippen molar-refractivity contribution in [2.45, 2.75) is 6.18 Å². The number of halogens is 6. The summed E-state index contributed by atoms with van der Waals surface area (Å²) in [6, 6.07) is 1.93. The van der Waals surface area contributed by atoms with E-state index in [1.807, 2.05) is 0 Å². The van der Waals surface area contributed by atoms with Gasteiger partial charge in [-0.05, 0) is 28.1 Å². The molecule has 18 heavy (non-hydrogen) atoms. The second kappa shape index (κ2) is 4.34. The van der Waals surface area contributed by atoms with E-state index in [9.17, 15) is 22.0 Å². The lowest BCUT2D eigenvalue weighted by molar-refractivity contribution is -0.137. The van der Waals surface area contributed by atoms with Crippen LogP contribution in [0.15, 0.2) is 29.0 Å². The van der Waals surface area contributed by atoms with E-state index in [-0.39, 0.29) is 10.2 Å². The quantitative estimate of drug-likeness (QED) is 0.573. The van der Waals surface area contributed by atoms with Crippen molar-refractivity contribution in [3.63, 3.8) is 0 Å². The standard InChI is InChI=1S/C10H4BrF5N2/c11-8-7(2-1-6(12)9(8)13)18-4-5(3-17-18)10(14,15)16/h1-4H. The SMILES string of the molecule is Fc1ccc(-n2cc(C(F)(F)F)cn2)c(Br)c1F. The van der Waals surface area contributed by atoms with Gasteiger partial charge in [0.25, 0.3) is 0 Å². The van der Waals surface area contributed by atoms with Crippen molar-refractivity contribution in [2.75, 3.05) is 0 Å². The Labute approximate surface area is 106 Å². The van der Waals surface area contributed by atoms with Crippen molar-refractivity contribution in [1.82, 2.24) is 9.78 Å². The highest BCUT2D eigenvalue weighted by Gasteiger charge is 2.32. The smallest absolute Gasteiger partial charge is 0.239 e. The van der Waals surface area contributed by atoms with E-state index < -0.39 is 23.4 Å². The summed E-state index contributed by atoms with van der Waals surface area (Å²) in [4.78, 5) is 0. The Balaban J connectivity index is 2.50. The van der Waals surface area contributed by atoms with E-state index >= 15 is 0 Å². The van der Waals surface area contributed by atoms with Crippen molar-refractivity contribution < 1.29 is 22.0 Å². The third kappa shape index (κ3) is 2.24. The van der Waals surface area contributed by atoms with Crippen LogP contribution in [0, 0.1) is 11.6 Å². The third-order valence-electron chi connectivity index (χ3n) is 2.17. The molecule has 1 aromatic heterocycles. The summed E-state index contributed by atoms with van der Waals surface area (Å²) in [6.07, 6.45) is -3.24. The summed E-state index contributed by atoms with van der Waals surface area (Å²) in [7, 11) is 0. The predicted molar refractivity (Wildman–Crippen MR) is 56.2 cm³/mol. The molecule has 0 saturated heterocycles. The average molecular weight is 327 g/mol. The van der Waals surface area contributed by atoms with Crippen LogP contribution in [0.5, 0.6) is 0 Å². The zero-order chi connectivity index (χ0) is 13.5. The Morgan fingerprint density at radius 2 is 1.83 bits per heavy atom. The number of nitrogens with zero attached hydrogens (tertiary/aromatic N) is 2. The van der Waals surface area contributed by atoms with Gasteiger partial charge >= 0.3 is 6.18 Å². The number of benzene rings is 1. The van der Waals surface area contributed by atoms with Crippen LogP contribution in [0.4, 0.5) is 22.0 Å². The van der Waals surface area contributed by atoms with Crippen molar-refractivity contribution in [3.8, 4) is 5.69 Å². The molecular formula is C10H4BrF5N2. The Hall–Kier alpha value is -1.44. The van der Waals surface area contributed by atoms with E-state index in [4.69, 9.17) is 0 Å². The van der Waals surface area contributed by atoms with E-state index in [1.54, 1.807) is 0 Å². The molecule has 2 aromatic rings. The van der Waals surface area contributed by atoms with E-state index in [2.05, 4.69) is 21.0 Å². The lowest BCUT2D eigenvalue weighted by Gasteiger charge is -2.06. The Kier molecular flexibility index (Phi) is 3.14. The highest BCUT2D eigenvalue weighted by atomic mass is 79.9. The van der Waals surface area contributed by atoms with Gasteiger partial charge in [0.15, 0.2) is 11.6 Å². The largest absolute Gasteiger partial charge is 0.419 e. The highest BCUT2D eigenvalue weighted by Crippen LogP contribution is 2.31. The van der Waals surface area contributed by atoms with Gasteiger partial charge in [0.05, 0.1) is 21.9 Å². The second-order valence-electron chi connectivity index (χ2n) is 3.37. The molecule has 0 N–H and O–H groups in total. The van der Waals surface area contributed by atoms with Crippen molar-refractivity contribution >= 4 is 15.9 Å². The zero-order valence-electron chi connectivity index (χ0n) is 8.47. The fourth-order valence-electron chi connectivity index (χ4n) is 1.29. The maximum atomic E-state index is 13.2. The monoisotopic (exact) mass is 326 g/mol. The highest BCUT2D eigenvalue weighted by molar-refractivity contribution is 9.10. The molecule has 0 fully saturated rings. The molecule has 1 aromatic carbocycles. The van der Waals surface area contributed by atoms with Crippen LogP contribution in [0.25, 0.3) is 5.69 Å². The normalized spacial score (nSPS) is 11.9. The van der Waals surface area contributed by atoms with Crippen molar-refractivity contribution in [2.24, 2.45) is 0 Å². The van der Waals surface area contributed by atoms with E-state index in [1.165, 1.54) is 0 Å². The van der Waals surface area contributed by atoms with Crippen LogP contribution >= 0.6 is 15.9 Å². The maximum Gasteiger partial charge on any atom is 0.419 e. The van der Waals surface area contributed by atoms with Crippen LogP contribution in [0.1, 0.15) is 5.56 Å². The Bertz CT molecular complexity index is 590. The molecule has 8 heteroatoms. The van der Waals surface area contributed by atoms with Gasteiger partial charge in [-0.2, -0.15) is 18.3 Å². The molecule has 0 atom stereocenters. The topological polar surface area (TPSA) is 17.8 Å². The van der Waals surface area contributed by atoms with Crippen LogP contribution in [0.3, 0.4) is 0 Å². The first-order valence-electron chi connectivity index (χ1n) is 4.56. The molecule has 96 valence electrons. The number of alkyl halides is 3. The van der Waals surface area contributed by atoms with Gasteiger partial charge in [-0.3, -0.25) is 0 Å². The first-order valence-corrected chi connectivity index (χ1v) is 5.35. The minimum absolute atomic E-state index is 0.0237. The Morgan fingerprint density at radius 3 is 2.39 bits per heavy atom. The molecule has 0 bridgehead atoms. The molecule has 0 aliphatic heterocycles. The molecule has 2 nitrogen and oxygen atoms in total. The van der Waals surface area contributed by atoms with Gasteiger partial charge < -0.3 is 0 Å². The number of rotatable bonds is 1. The molecule has 0 spiro atoms. The average Bonchev–Trinajstić information content (AvgIpc) is 2.75. The summed E-state index contributed by atoms with van der Waals surface area (Å²) in [6.45, 7) is 0. The summed E-state index contributed by atoms with van der Waals surface area (Å²) < 4.78 is 63.7. The minimum atomic E-state index is -4.54. The first kappa shape index (κ1) is 13.0. The first-order chi connectivity index (χ1) is 8.30. The van der Waals surface area contributed by atoms with Crippen LogP contribution in [-0.4, -0.2) is 9.78 Å². The van der Waals surface area contributed by atoms with E-state index in [0.29, 0.717) is 12.4 Å². The number of aromatic nitrogens is 2. The van der Waals surface area contributed by atoms with Gasteiger partial charge in [-0.25, -0.2) is 13.5 Å². The molecular weight excluding hydrogens is 323 g/mol. The van der Waals surface area contributed by atoms with Crippen LogP contribution in [-0.2, 0) is 6.18 Å². The van der Waals surface area contributed by atoms with Gasteiger partial charge in [-0.15, -0.1) is 0 Å². The summed E-state index contributed by atoms with van der Waals surface area (Å²) in [5, 5.41) is 3.46. The maximum absolute atomic E-state index is 13.2. The van der Waals surface area contributed by atoms with Gasteiger partial charge in [-0.1, -0.05) is 0 Å². The molecule has 0 amide bonds. The summed E-state index contributed by atoms with van der Waals surface area (Å²) in [5.41, 5.74) is -0.997. The number of hydrogen-bond donors (Lipinski definition) is 0. The molecule has 0 saturated carbocycles. The molecule has 0 aliphatic rings. The molecule has 1 heterocycles. The molecule has 2 rings (SSSR count). The summed E-state index contributed by atoms with van der Waals surface area (Å²) >= 11 is 2.77. The van der Waals surface area contributed by atoms with E-state index in [0.717, 1.165) is 16.8 Å². The summed E-state index contributed by atoms with van der Waals surface area (Å²) in [5.74, 6) is -2.29. The molecule has 0 unspecified atom stereocenters.